The van der Waals surface area contributed by atoms with E-state index in [-0.39, 0.29) is 31.9 Å². The van der Waals surface area contributed by atoms with Crippen molar-refractivity contribution >= 4 is 75.1 Å². The van der Waals surface area contributed by atoms with Crippen molar-refractivity contribution in [1.82, 2.24) is 14.5 Å². The zero-order chi connectivity index (χ0) is 54.9. The number of aromatic nitrogens is 4. The third kappa shape index (κ3) is 9.31. The SMILES string of the molecule is CC(C)c1cccc(C(C)C)c1-n1c(-c2[c-]cccc2)nc2ccccc21.[2H]C([2H])([2H])c1ccc2c(ccc3cc4c(cc32)sc2c(-c3[n-]c5ccccc5[n+]3-c3c(C(C)C)cc(-c5ccccc5)cc3C(C)C)[c-]ccc24)c1.[Ir+3]. The molecule has 380 valence electrons. The Bertz CT molecular complexity index is 4380. The molecule has 0 saturated heterocycles. The molecular formula is C71H62IrN4S+. The molecule has 3 aromatic heterocycles. The van der Waals surface area contributed by atoms with E-state index in [1.807, 2.05) is 36.4 Å². The molecule has 0 radical (unpaired) electrons. The summed E-state index contributed by atoms with van der Waals surface area (Å²) in [5.41, 5.74) is 16.7. The summed E-state index contributed by atoms with van der Waals surface area (Å²) >= 11 is 1.77. The molecule has 0 atom stereocenters. The number of rotatable bonds is 9. The second-order valence-corrected chi connectivity index (χ2v) is 22.4. The molecule has 0 aliphatic heterocycles. The number of hydrogen-bond acceptors (Lipinski definition) is 2. The smallest absolute Gasteiger partial charge is 0.333 e. The van der Waals surface area contributed by atoms with E-state index < -0.39 is 6.85 Å². The Morgan fingerprint density at radius 3 is 1.94 bits per heavy atom. The van der Waals surface area contributed by atoms with Gasteiger partial charge in [-0.2, -0.15) is 11.3 Å². The maximum Gasteiger partial charge on any atom is 3.00 e. The number of nitrogens with zero attached hydrogens (tertiary/aromatic N) is 4. The predicted octanol–water partition coefficient (Wildman–Crippen LogP) is 19.2. The number of fused-ring (bicyclic) bond motifs is 8. The monoisotopic (exact) mass is 1200 g/mol. The van der Waals surface area contributed by atoms with E-state index in [0.29, 0.717) is 17.4 Å². The van der Waals surface area contributed by atoms with Gasteiger partial charge < -0.3 is 9.13 Å². The van der Waals surface area contributed by atoms with Crippen molar-refractivity contribution in [2.45, 2.75) is 85.9 Å². The summed E-state index contributed by atoms with van der Waals surface area (Å²) in [7, 11) is 0. The molecule has 6 heteroatoms. The summed E-state index contributed by atoms with van der Waals surface area (Å²) in [6.45, 7) is 16.0. The molecule has 3 heterocycles. The van der Waals surface area contributed by atoms with Crippen LogP contribution in [-0.4, -0.2) is 9.55 Å². The van der Waals surface area contributed by atoms with Gasteiger partial charge in [-0.3, -0.25) is 9.97 Å². The Morgan fingerprint density at radius 1 is 0.558 bits per heavy atom. The van der Waals surface area contributed by atoms with Crippen LogP contribution < -0.4 is 9.55 Å². The van der Waals surface area contributed by atoms with E-state index in [1.54, 1.807) is 23.5 Å². The van der Waals surface area contributed by atoms with Gasteiger partial charge in [-0.25, -0.2) is 0 Å². The van der Waals surface area contributed by atoms with Crippen molar-refractivity contribution in [2.75, 3.05) is 0 Å². The molecule has 0 N–H and O–H groups in total. The molecule has 0 aliphatic rings. The van der Waals surface area contributed by atoms with Gasteiger partial charge >= 0.3 is 20.1 Å². The number of imidazole rings is 2. The van der Waals surface area contributed by atoms with Crippen molar-refractivity contribution in [3.05, 3.63) is 228 Å². The van der Waals surface area contributed by atoms with Crippen LogP contribution in [0.3, 0.4) is 0 Å². The molecule has 0 saturated carbocycles. The first kappa shape index (κ1) is 47.9. The molecular weight excluding hydrogens is 1130 g/mol. The first-order valence-electron chi connectivity index (χ1n) is 28.2. The number of aryl methyl sites for hydroxylation is 1. The second-order valence-electron chi connectivity index (χ2n) is 21.3. The third-order valence-electron chi connectivity index (χ3n) is 15.0. The van der Waals surface area contributed by atoms with Crippen LogP contribution in [-0.2, 0) is 20.1 Å². The average molecular weight is 1200 g/mol. The quantitative estimate of drug-likeness (QED) is 0.0820. The maximum atomic E-state index is 7.91. The Hall–Kier alpha value is -7.47. The van der Waals surface area contributed by atoms with E-state index >= 15 is 0 Å². The van der Waals surface area contributed by atoms with Crippen molar-refractivity contribution in [3.8, 4) is 45.3 Å². The Kier molecular flexibility index (Phi) is 13.2. The first-order valence-corrected chi connectivity index (χ1v) is 27.5. The summed E-state index contributed by atoms with van der Waals surface area (Å²) in [6, 6.07) is 72.5. The minimum Gasteiger partial charge on any atom is -0.333 e. The fourth-order valence-electron chi connectivity index (χ4n) is 11.2. The van der Waals surface area contributed by atoms with E-state index in [9.17, 15) is 0 Å². The van der Waals surface area contributed by atoms with Crippen molar-refractivity contribution in [3.63, 3.8) is 0 Å². The summed E-state index contributed by atoms with van der Waals surface area (Å²) in [5, 5.41) is 6.61. The van der Waals surface area contributed by atoms with Gasteiger partial charge in [-0.1, -0.05) is 175 Å². The van der Waals surface area contributed by atoms with Crippen molar-refractivity contribution < 1.29 is 28.8 Å². The predicted molar refractivity (Wildman–Crippen MR) is 323 cm³/mol. The zero-order valence-electron chi connectivity index (χ0n) is 47.7. The second kappa shape index (κ2) is 21.2. The summed E-state index contributed by atoms with van der Waals surface area (Å²) in [6.07, 6.45) is 0. The Balaban J connectivity index is 0.000000203. The minimum absolute atomic E-state index is 0. The molecule has 10 aromatic carbocycles. The minimum atomic E-state index is -2.14. The van der Waals surface area contributed by atoms with Crippen LogP contribution in [0.5, 0.6) is 0 Å². The van der Waals surface area contributed by atoms with Gasteiger partial charge in [0.15, 0.2) is 0 Å². The maximum absolute atomic E-state index is 7.91. The van der Waals surface area contributed by atoms with E-state index in [2.05, 4.69) is 216 Å². The number of benzene rings is 10. The number of para-hydroxylation sites is 5. The van der Waals surface area contributed by atoms with Crippen LogP contribution in [0, 0.1) is 19.0 Å². The average Bonchev–Trinajstić information content (AvgIpc) is 3.82. The van der Waals surface area contributed by atoms with Gasteiger partial charge in [-0.15, -0.1) is 54.1 Å². The molecule has 4 nitrogen and oxygen atoms in total. The molecule has 77 heavy (non-hydrogen) atoms. The van der Waals surface area contributed by atoms with Gasteiger partial charge in [0.25, 0.3) is 0 Å². The zero-order valence-corrected chi connectivity index (χ0v) is 47.9. The standard InChI is InChI=1S/C46H37N2S.C25H25N2.Ir/c1-27(2)37-24-33(30-12-7-6-8-13-30)25-38(28(3)4)44(37)48-42-17-10-9-16-41(42)47-46(48)36-15-11-14-35-40-23-32-20-19-31-22-29(5)18-21-34(31)39(32)26-43(40)49-45(35)36;1-17(2)20-13-10-14-21(18(3)4)24(20)27-23-16-9-8-15-22(23)26-25(27)19-11-6-5-7-12-19;/h6-14,16-28H,1-5H3;5-11,13-18H,1-4H3;/q2*-1;+3/i5D3;;. The van der Waals surface area contributed by atoms with Gasteiger partial charge in [0.2, 0.25) is 0 Å². The van der Waals surface area contributed by atoms with Gasteiger partial charge in [0, 0.05) is 20.2 Å². The normalized spacial score (nSPS) is 12.5. The molecule has 0 amide bonds. The topological polar surface area (TPSA) is 35.8 Å². The molecule has 0 unspecified atom stereocenters. The molecule has 13 rings (SSSR count). The molecule has 0 aliphatic carbocycles. The Labute approximate surface area is 474 Å². The molecule has 0 fully saturated rings. The largest absolute Gasteiger partial charge is 3.00 e. The number of hydrogen-bond donors (Lipinski definition) is 0. The van der Waals surface area contributed by atoms with Crippen LogP contribution in [0.15, 0.2) is 188 Å². The molecule has 13 aromatic rings. The summed E-state index contributed by atoms with van der Waals surface area (Å²) in [5.74, 6) is 3.23. The summed E-state index contributed by atoms with van der Waals surface area (Å²) in [4.78, 5) is 10.4. The molecule has 0 bridgehead atoms. The van der Waals surface area contributed by atoms with Crippen molar-refractivity contribution in [1.29, 1.82) is 0 Å². The van der Waals surface area contributed by atoms with Crippen molar-refractivity contribution in [2.24, 2.45) is 0 Å². The van der Waals surface area contributed by atoms with Gasteiger partial charge in [0.1, 0.15) is 0 Å². The van der Waals surface area contributed by atoms with Crippen LogP contribution in [0.1, 0.15) is 111 Å². The Morgan fingerprint density at radius 2 is 1.23 bits per heavy atom. The first-order chi connectivity index (χ1) is 38.1. The van der Waals surface area contributed by atoms with E-state index in [4.69, 9.17) is 14.1 Å². The number of thiophene rings is 1. The van der Waals surface area contributed by atoms with Gasteiger partial charge in [0.05, 0.1) is 33.7 Å². The fourth-order valence-corrected chi connectivity index (χ4v) is 12.5. The van der Waals surface area contributed by atoms with Crippen LogP contribution in [0.25, 0.3) is 109 Å². The summed E-state index contributed by atoms with van der Waals surface area (Å²) < 4.78 is 30.8. The van der Waals surface area contributed by atoms with E-state index in [1.165, 1.54) is 60.2 Å². The van der Waals surface area contributed by atoms with Crippen LogP contribution in [0.4, 0.5) is 0 Å². The fraction of sp³-hybridized carbons (Fsp3) is 0.183. The van der Waals surface area contributed by atoms with E-state index in [0.717, 1.165) is 71.1 Å². The molecule has 0 spiro atoms. The third-order valence-corrected chi connectivity index (χ3v) is 16.2. The van der Waals surface area contributed by atoms with Crippen LogP contribution in [0.2, 0.25) is 0 Å². The van der Waals surface area contributed by atoms with Crippen LogP contribution >= 0.6 is 11.3 Å². The van der Waals surface area contributed by atoms with Gasteiger partial charge in [-0.05, 0) is 144 Å².